The molecule has 2 heterocycles. The lowest BCUT2D eigenvalue weighted by Gasteiger charge is -2.34. The van der Waals surface area contributed by atoms with Gasteiger partial charge in [-0.2, -0.15) is 10.2 Å². The molecule has 168 valence electrons. The Morgan fingerprint density at radius 2 is 1.82 bits per heavy atom. The van der Waals surface area contributed by atoms with Gasteiger partial charge in [-0.15, -0.1) is 0 Å². The summed E-state index contributed by atoms with van der Waals surface area (Å²) in [5.41, 5.74) is 1.12. The molecular formula is C24H20ClFN4O3. The minimum absolute atomic E-state index is 0.128. The molecule has 2 aromatic carbocycles. The van der Waals surface area contributed by atoms with E-state index in [0.29, 0.717) is 48.7 Å². The van der Waals surface area contributed by atoms with E-state index in [1.165, 1.54) is 24.3 Å². The highest BCUT2D eigenvalue weighted by Crippen LogP contribution is 2.24. The molecule has 9 heteroatoms. The summed E-state index contributed by atoms with van der Waals surface area (Å²) < 4.78 is 24.2. The zero-order valence-electron chi connectivity index (χ0n) is 17.6. The van der Waals surface area contributed by atoms with E-state index in [1.54, 1.807) is 23.1 Å². The topological polar surface area (TPSA) is 82.6 Å². The van der Waals surface area contributed by atoms with E-state index in [2.05, 4.69) is 11.1 Å². The lowest BCUT2D eigenvalue weighted by atomic mass is 10.2. The first-order chi connectivity index (χ1) is 16.0. The van der Waals surface area contributed by atoms with Crippen LogP contribution in [-0.4, -0.2) is 48.6 Å². The van der Waals surface area contributed by atoms with Crippen LogP contribution < -0.4 is 9.64 Å². The number of ether oxygens (including phenoxy) is 1. The SMILES string of the molecule is N#Cc1nc(/C=C/c2ccc(Cl)cc2)oc1N1CCN(C(=O)COc2ccc(F)cc2)CC1. The van der Waals surface area contributed by atoms with Gasteiger partial charge in [-0.3, -0.25) is 4.79 Å². The number of oxazole rings is 1. The monoisotopic (exact) mass is 466 g/mol. The van der Waals surface area contributed by atoms with Crippen LogP contribution in [-0.2, 0) is 4.79 Å². The Kier molecular flexibility index (Phi) is 6.91. The zero-order chi connectivity index (χ0) is 23.2. The summed E-state index contributed by atoms with van der Waals surface area (Å²) in [4.78, 5) is 20.3. The fraction of sp³-hybridized carbons (Fsp3) is 0.208. The Balaban J connectivity index is 1.34. The summed E-state index contributed by atoms with van der Waals surface area (Å²) in [6.45, 7) is 1.76. The van der Waals surface area contributed by atoms with Crippen LogP contribution >= 0.6 is 11.6 Å². The smallest absolute Gasteiger partial charge is 0.260 e. The van der Waals surface area contributed by atoms with Crippen LogP contribution in [0.25, 0.3) is 12.2 Å². The Labute approximate surface area is 195 Å². The number of carbonyl (C=O) groups is 1. The number of rotatable bonds is 6. The van der Waals surface area contributed by atoms with Crippen molar-refractivity contribution in [2.75, 3.05) is 37.7 Å². The number of piperazine rings is 1. The Bertz CT molecular complexity index is 1180. The Morgan fingerprint density at radius 3 is 2.48 bits per heavy atom. The van der Waals surface area contributed by atoms with E-state index in [9.17, 15) is 14.4 Å². The Hall–Kier alpha value is -3.83. The van der Waals surface area contributed by atoms with Crippen molar-refractivity contribution >= 4 is 35.5 Å². The molecule has 1 fully saturated rings. The third kappa shape index (κ3) is 5.70. The van der Waals surface area contributed by atoms with Gasteiger partial charge in [0.05, 0.1) is 0 Å². The molecule has 0 atom stereocenters. The number of benzene rings is 2. The highest BCUT2D eigenvalue weighted by atomic mass is 35.5. The molecule has 33 heavy (non-hydrogen) atoms. The van der Waals surface area contributed by atoms with E-state index in [1.807, 2.05) is 23.1 Å². The number of halogens is 2. The first-order valence-electron chi connectivity index (χ1n) is 10.3. The number of hydrogen-bond donors (Lipinski definition) is 0. The van der Waals surface area contributed by atoms with Crippen molar-refractivity contribution in [1.29, 1.82) is 5.26 Å². The first kappa shape index (κ1) is 22.4. The molecule has 1 aliphatic rings. The second kappa shape index (κ2) is 10.2. The van der Waals surface area contributed by atoms with Crippen LogP contribution in [0.15, 0.2) is 52.9 Å². The highest BCUT2D eigenvalue weighted by molar-refractivity contribution is 6.30. The molecule has 0 N–H and O–H groups in total. The normalized spacial score (nSPS) is 13.8. The van der Waals surface area contributed by atoms with Gasteiger partial charge in [-0.05, 0) is 48.0 Å². The summed E-state index contributed by atoms with van der Waals surface area (Å²) in [6.07, 6.45) is 3.52. The summed E-state index contributed by atoms with van der Waals surface area (Å²) in [7, 11) is 0. The lowest BCUT2D eigenvalue weighted by Crippen LogP contribution is -2.50. The molecule has 0 aliphatic carbocycles. The number of amides is 1. The molecule has 7 nitrogen and oxygen atoms in total. The first-order valence-corrected chi connectivity index (χ1v) is 10.7. The van der Waals surface area contributed by atoms with Gasteiger partial charge >= 0.3 is 0 Å². The van der Waals surface area contributed by atoms with Crippen molar-refractivity contribution in [3.05, 3.63) is 76.5 Å². The molecule has 0 unspecified atom stereocenters. The van der Waals surface area contributed by atoms with Gasteiger partial charge in [-0.25, -0.2) is 4.39 Å². The molecule has 4 rings (SSSR count). The predicted octanol–water partition coefficient (Wildman–Crippen LogP) is 4.24. The van der Waals surface area contributed by atoms with Crippen molar-refractivity contribution in [2.45, 2.75) is 0 Å². The molecule has 0 spiro atoms. The maximum atomic E-state index is 13.0. The third-order valence-corrected chi connectivity index (χ3v) is 5.37. The van der Waals surface area contributed by atoms with E-state index < -0.39 is 0 Å². The fourth-order valence-electron chi connectivity index (χ4n) is 3.35. The molecule has 3 aromatic rings. The van der Waals surface area contributed by atoms with E-state index in [4.69, 9.17) is 20.8 Å². The van der Waals surface area contributed by atoms with Crippen molar-refractivity contribution in [3.63, 3.8) is 0 Å². The fourth-order valence-corrected chi connectivity index (χ4v) is 3.48. The van der Waals surface area contributed by atoms with Crippen LogP contribution in [0.3, 0.4) is 0 Å². The van der Waals surface area contributed by atoms with Crippen LogP contribution in [0.1, 0.15) is 17.1 Å². The third-order valence-electron chi connectivity index (χ3n) is 5.12. The van der Waals surface area contributed by atoms with Gasteiger partial charge in [0.15, 0.2) is 6.61 Å². The average molecular weight is 467 g/mol. The number of anilines is 1. The van der Waals surface area contributed by atoms with Crippen molar-refractivity contribution in [2.24, 2.45) is 0 Å². The minimum atomic E-state index is -0.363. The van der Waals surface area contributed by atoms with E-state index in [0.717, 1.165) is 5.56 Å². The van der Waals surface area contributed by atoms with Crippen LogP contribution in [0.2, 0.25) is 5.02 Å². The number of aromatic nitrogens is 1. The second-order valence-corrected chi connectivity index (χ2v) is 7.75. The van der Waals surface area contributed by atoms with E-state index >= 15 is 0 Å². The quantitative estimate of drug-likeness (QED) is 0.540. The van der Waals surface area contributed by atoms with Crippen molar-refractivity contribution in [3.8, 4) is 11.8 Å². The number of nitrogens with zero attached hydrogens (tertiary/aromatic N) is 4. The standard InChI is InChI=1S/C24H20ClFN4O3/c25-18-4-1-17(2-5-18)3-10-22-28-21(15-27)24(33-22)30-13-11-29(12-14-30)23(31)16-32-20-8-6-19(26)7-9-20/h1-10H,11-14,16H2/b10-3+. The molecule has 1 amide bonds. The maximum Gasteiger partial charge on any atom is 0.260 e. The van der Waals surface area contributed by atoms with Crippen molar-refractivity contribution in [1.82, 2.24) is 9.88 Å². The van der Waals surface area contributed by atoms with Gasteiger partial charge in [0.1, 0.15) is 17.6 Å². The zero-order valence-corrected chi connectivity index (χ0v) is 18.3. The summed E-state index contributed by atoms with van der Waals surface area (Å²) in [5, 5.41) is 10.1. The number of hydrogen-bond acceptors (Lipinski definition) is 6. The number of carbonyl (C=O) groups excluding carboxylic acids is 1. The average Bonchev–Trinajstić information content (AvgIpc) is 3.26. The summed E-state index contributed by atoms with van der Waals surface area (Å²) in [5.74, 6) is 0.620. The van der Waals surface area contributed by atoms with Gasteiger partial charge in [0, 0.05) is 37.3 Å². The maximum absolute atomic E-state index is 13.0. The Morgan fingerprint density at radius 1 is 1.12 bits per heavy atom. The van der Waals surface area contributed by atoms with Gasteiger partial charge in [-0.1, -0.05) is 23.7 Å². The van der Waals surface area contributed by atoms with Gasteiger partial charge < -0.3 is 19.0 Å². The van der Waals surface area contributed by atoms with E-state index in [-0.39, 0.29) is 24.0 Å². The molecule has 0 radical (unpaired) electrons. The second-order valence-electron chi connectivity index (χ2n) is 7.31. The number of nitriles is 1. The van der Waals surface area contributed by atoms with Gasteiger partial charge in [0.25, 0.3) is 5.91 Å². The minimum Gasteiger partial charge on any atom is -0.484 e. The molecular weight excluding hydrogens is 447 g/mol. The molecule has 1 saturated heterocycles. The predicted molar refractivity (Wildman–Crippen MR) is 122 cm³/mol. The lowest BCUT2D eigenvalue weighted by molar-refractivity contribution is -0.133. The molecule has 1 aliphatic heterocycles. The summed E-state index contributed by atoms with van der Waals surface area (Å²) >= 11 is 5.90. The van der Waals surface area contributed by atoms with Gasteiger partial charge in [0.2, 0.25) is 17.5 Å². The van der Waals surface area contributed by atoms with Crippen LogP contribution in [0.4, 0.5) is 10.3 Å². The molecule has 0 bridgehead atoms. The van der Waals surface area contributed by atoms with Crippen LogP contribution in [0, 0.1) is 17.1 Å². The highest BCUT2D eigenvalue weighted by Gasteiger charge is 2.26. The van der Waals surface area contributed by atoms with Crippen LogP contribution in [0.5, 0.6) is 5.75 Å². The van der Waals surface area contributed by atoms with Crippen molar-refractivity contribution < 1.29 is 18.3 Å². The molecule has 0 saturated carbocycles. The molecule has 1 aromatic heterocycles. The largest absolute Gasteiger partial charge is 0.484 e. The summed E-state index contributed by atoms with van der Waals surface area (Å²) in [6, 6.07) is 14.9.